The molecule has 0 amide bonds. The number of hydrogen-bond acceptors (Lipinski definition) is 4. The van der Waals surface area contributed by atoms with Crippen molar-refractivity contribution in [2.75, 3.05) is 5.73 Å². The van der Waals surface area contributed by atoms with Crippen LogP contribution in [0.4, 0.5) is 18.9 Å². The molecule has 0 saturated heterocycles. The van der Waals surface area contributed by atoms with Gasteiger partial charge in [-0.1, -0.05) is 13.0 Å². The van der Waals surface area contributed by atoms with Gasteiger partial charge in [0.2, 0.25) is 0 Å². The van der Waals surface area contributed by atoms with Crippen molar-refractivity contribution in [3.05, 3.63) is 41.6 Å². The molecule has 3 rings (SSSR count). The first-order valence-electron chi connectivity index (χ1n) is 7.59. The highest BCUT2D eigenvalue weighted by Gasteiger charge is 2.34. The zero-order valence-electron chi connectivity index (χ0n) is 13.3. The molecule has 0 radical (unpaired) electrons. The summed E-state index contributed by atoms with van der Waals surface area (Å²) in [5.41, 5.74) is 5.80. The second-order valence-corrected chi connectivity index (χ2v) is 5.60. The van der Waals surface area contributed by atoms with Crippen LogP contribution in [0.25, 0.3) is 22.3 Å². The van der Waals surface area contributed by atoms with E-state index < -0.39 is 11.7 Å². The molecule has 5 nitrogen and oxygen atoms in total. The lowest BCUT2D eigenvalue weighted by Crippen LogP contribution is -2.06. The summed E-state index contributed by atoms with van der Waals surface area (Å²) in [6.45, 7) is 2.41. The van der Waals surface area contributed by atoms with E-state index in [4.69, 9.17) is 11.0 Å². The van der Waals surface area contributed by atoms with Crippen LogP contribution in [0.1, 0.15) is 24.5 Å². The van der Waals surface area contributed by atoms with Gasteiger partial charge in [-0.05, 0) is 24.6 Å². The number of nitriles is 1. The van der Waals surface area contributed by atoms with Crippen LogP contribution in [0.3, 0.4) is 0 Å². The number of anilines is 1. The van der Waals surface area contributed by atoms with E-state index in [9.17, 15) is 13.2 Å². The minimum absolute atomic E-state index is 0.0219. The Kier molecular flexibility index (Phi) is 4.08. The third-order valence-electron chi connectivity index (χ3n) is 3.77. The van der Waals surface area contributed by atoms with Crippen molar-refractivity contribution in [1.82, 2.24) is 14.8 Å². The van der Waals surface area contributed by atoms with E-state index in [2.05, 4.69) is 10.1 Å². The maximum Gasteiger partial charge on any atom is 0.417 e. The Morgan fingerprint density at radius 1 is 1.28 bits per heavy atom. The summed E-state index contributed by atoms with van der Waals surface area (Å²) in [6.07, 6.45) is -2.43. The molecule has 128 valence electrons. The van der Waals surface area contributed by atoms with Crippen LogP contribution in [0.2, 0.25) is 0 Å². The van der Waals surface area contributed by atoms with Gasteiger partial charge in [0.05, 0.1) is 22.2 Å². The molecule has 0 aliphatic heterocycles. The van der Waals surface area contributed by atoms with Gasteiger partial charge in [-0.2, -0.15) is 23.5 Å². The van der Waals surface area contributed by atoms with Crippen LogP contribution in [0.15, 0.2) is 30.5 Å². The van der Waals surface area contributed by atoms with Crippen LogP contribution in [0, 0.1) is 11.3 Å². The summed E-state index contributed by atoms with van der Waals surface area (Å²) in [6, 6.07) is 7.33. The van der Waals surface area contributed by atoms with E-state index in [0.717, 1.165) is 12.5 Å². The molecule has 3 aromatic rings. The number of nitrogen functional groups attached to an aromatic ring is 1. The van der Waals surface area contributed by atoms with Crippen molar-refractivity contribution in [3.8, 4) is 17.3 Å². The van der Waals surface area contributed by atoms with Crippen molar-refractivity contribution in [1.29, 1.82) is 5.26 Å². The zero-order chi connectivity index (χ0) is 18.2. The topological polar surface area (TPSA) is 80.5 Å². The first-order chi connectivity index (χ1) is 11.8. The molecule has 0 fully saturated rings. The number of rotatable bonds is 3. The molecule has 8 heteroatoms. The fourth-order valence-corrected chi connectivity index (χ4v) is 2.58. The van der Waals surface area contributed by atoms with E-state index in [1.807, 2.05) is 13.0 Å². The van der Waals surface area contributed by atoms with Crippen molar-refractivity contribution in [2.45, 2.75) is 26.1 Å². The fraction of sp³-hybridized carbons (Fsp3) is 0.235. The summed E-state index contributed by atoms with van der Waals surface area (Å²) in [7, 11) is 0. The largest absolute Gasteiger partial charge is 0.417 e. The van der Waals surface area contributed by atoms with Crippen molar-refractivity contribution in [2.24, 2.45) is 0 Å². The molecule has 1 aromatic carbocycles. The molecule has 0 saturated carbocycles. The SMILES string of the molecule is CCCn1cc2c(C(F)(F)F)cc(-c3ccc(N)c(C#N)c3)nc2n1. The second-order valence-electron chi connectivity index (χ2n) is 5.60. The smallest absolute Gasteiger partial charge is 0.398 e. The minimum atomic E-state index is -4.54. The Morgan fingerprint density at radius 3 is 2.68 bits per heavy atom. The summed E-state index contributed by atoms with van der Waals surface area (Å²) in [5.74, 6) is 0. The van der Waals surface area contributed by atoms with Gasteiger partial charge in [-0.25, -0.2) is 4.98 Å². The van der Waals surface area contributed by atoms with Crippen LogP contribution in [0.5, 0.6) is 0 Å². The number of aryl methyl sites for hydroxylation is 1. The number of aromatic nitrogens is 3. The molecular formula is C17H14F3N5. The highest BCUT2D eigenvalue weighted by molar-refractivity contribution is 5.83. The molecule has 0 aliphatic carbocycles. The number of nitrogens with two attached hydrogens (primary N) is 1. The number of benzene rings is 1. The maximum atomic E-state index is 13.5. The van der Waals surface area contributed by atoms with E-state index in [-0.39, 0.29) is 28.0 Å². The molecule has 0 aliphatic rings. The number of nitrogens with zero attached hydrogens (tertiary/aromatic N) is 4. The Morgan fingerprint density at radius 2 is 2.04 bits per heavy atom. The summed E-state index contributed by atoms with van der Waals surface area (Å²) < 4.78 is 41.9. The molecular weight excluding hydrogens is 331 g/mol. The average Bonchev–Trinajstić information content (AvgIpc) is 2.96. The van der Waals surface area contributed by atoms with Gasteiger partial charge in [0, 0.05) is 24.0 Å². The van der Waals surface area contributed by atoms with Gasteiger partial charge in [0.15, 0.2) is 5.65 Å². The molecule has 0 atom stereocenters. The van der Waals surface area contributed by atoms with Gasteiger partial charge in [-0.3, -0.25) is 4.68 Å². The number of hydrogen-bond donors (Lipinski definition) is 1. The monoisotopic (exact) mass is 345 g/mol. The summed E-state index contributed by atoms with van der Waals surface area (Å²) in [5, 5.41) is 13.2. The Bertz CT molecular complexity index is 982. The van der Waals surface area contributed by atoms with E-state index >= 15 is 0 Å². The first kappa shape index (κ1) is 16.8. The molecule has 0 spiro atoms. The number of halogens is 3. The second kappa shape index (κ2) is 6.09. The van der Waals surface area contributed by atoms with Crippen molar-refractivity contribution in [3.63, 3.8) is 0 Å². The summed E-state index contributed by atoms with van der Waals surface area (Å²) >= 11 is 0. The molecule has 2 N–H and O–H groups in total. The van der Waals surface area contributed by atoms with E-state index in [1.54, 1.807) is 0 Å². The van der Waals surface area contributed by atoms with Crippen LogP contribution in [-0.2, 0) is 12.7 Å². The van der Waals surface area contributed by atoms with Gasteiger partial charge in [-0.15, -0.1) is 0 Å². The van der Waals surface area contributed by atoms with Crippen LogP contribution < -0.4 is 5.73 Å². The molecule has 0 bridgehead atoms. The lowest BCUT2D eigenvalue weighted by molar-refractivity contribution is -0.136. The predicted molar refractivity (Wildman–Crippen MR) is 87.4 cm³/mol. The standard InChI is InChI=1S/C17H14F3N5/c1-2-5-25-9-12-13(17(18,19)20)7-15(23-16(12)24-25)10-3-4-14(22)11(6-10)8-21/h3-4,6-7,9H,2,5,22H2,1H3. The zero-order valence-corrected chi connectivity index (χ0v) is 13.3. The van der Waals surface area contributed by atoms with E-state index in [0.29, 0.717) is 12.1 Å². The Labute approximate surface area is 141 Å². The first-order valence-corrected chi connectivity index (χ1v) is 7.59. The lowest BCUT2D eigenvalue weighted by atomic mass is 10.0. The third-order valence-corrected chi connectivity index (χ3v) is 3.77. The lowest BCUT2D eigenvalue weighted by Gasteiger charge is -2.10. The van der Waals surface area contributed by atoms with Gasteiger partial charge < -0.3 is 5.73 Å². The Hall–Kier alpha value is -3.08. The molecule has 2 heterocycles. The van der Waals surface area contributed by atoms with E-state index in [1.165, 1.54) is 29.1 Å². The highest BCUT2D eigenvalue weighted by Crippen LogP contribution is 2.36. The van der Waals surface area contributed by atoms with Gasteiger partial charge in [0.1, 0.15) is 6.07 Å². The molecule has 2 aromatic heterocycles. The highest BCUT2D eigenvalue weighted by atomic mass is 19.4. The predicted octanol–water partition coefficient (Wildman–Crippen LogP) is 3.98. The minimum Gasteiger partial charge on any atom is -0.398 e. The average molecular weight is 345 g/mol. The third kappa shape index (κ3) is 3.13. The number of alkyl halides is 3. The number of pyridine rings is 1. The Balaban J connectivity index is 2.24. The normalized spacial score (nSPS) is 11.6. The van der Waals surface area contributed by atoms with Crippen LogP contribution in [-0.4, -0.2) is 14.8 Å². The van der Waals surface area contributed by atoms with Gasteiger partial charge >= 0.3 is 6.18 Å². The fourth-order valence-electron chi connectivity index (χ4n) is 2.58. The summed E-state index contributed by atoms with van der Waals surface area (Å²) in [4.78, 5) is 4.25. The maximum absolute atomic E-state index is 13.5. The molecule has 0 unspecified atom stereocenters. The van der Waals surface area contributed by atoms with Gasteiger partial charge in [0.25, 0.3) is 0 Å². The van der Waals surface area contributed by atoms with Crippen molar-refractivity contribution < 1.29 is 13.2 Å². The van der Waals surface area contributed by atoms with Crippen molar-refractivity contribution >= 4 is 16.7 Å². The molecule has 25 heavy (non-hydrogen) atoms. The van der Waals surface area contributed by atoms with Crippen LogP contribution >= 0.6 is 0 Å². The number of fused-ring (bicyclic) bond motifs is 1. The quantitative estimate of drug-likeness (QED) is 0.728.